The van der Waals surface area contributed by atoms with Gasteiger partial charge in [0.1, 0.15) is 11.6 Å². The van der Waals surface area contributed by atoms with Gasteiger partial charge in [0.25, 0.3) is 0 Å². The van der Waals surface area contributed by atoms with E-state index in [2.05, 4.69) is 15.5 Å². The van der Waals surface area contributed by atoms with Gasteiger partial charge in [-0.1, -0.05) is 35.5 Å². The van der Waals surface area contributed by atoms with Crippen molar-refractivity contribution in [1.82, 2.24) is 19.5 Å². The van der Waals surface area contributed by atoms with Crippen LogP contribution in [0.4, 0.5) is 15.9 Å². The first kappa shape index (κ1) is 21.0. The van der Waals surface area contributed by atoms with Gasteiger partial charge in [-0.15, -0.1) is 10.2 Å². The molecule has 0 fully saturated rings. The summed E-state index contributed by atoms with van der Waals surface area (Å²) in [5.41, 5.74) is 1.02. The van der Waals surface area contributed by atoms with Gasteiger partial charge in [0.15, 0.2) is 0 Å². The minimum atomic E-state index is -0.549. The second-order valence-corrected chi connectivity index (χ2v) is 7.75. The number of anilines is 2. The molecular weight excluding hydrogens is 441 g/mol. The van der Waals surface area contributed by atoms with Gasteiger partial charge in [-0.25, -0.2) is 4.39 Å². The van der Waals surface area contributed by atoms with E-state index in [-0.39, 0.29) is 10.8 Å². The third-order valence-electron chi connectivity index (χ3n) is 4.32. The Balaban J connectivity index is 1.66. The van der Waals surface area contributed by atoms with E-state index in [0.29, 0.717) is 16.6 Å². The molecule has 0 aliphatic heterocycles. The second kappa shape index (κ2) is 9.23. The minimum absolute atomic E-state index is 0.0119. The van der Waals surface area contributed by atoms with Crippen molar-refractivity contribution in [3.05, 3.63) is 93.7 Å². The molecule has 2 aromatic carbocycles. The van der Waals surface area contributed by atoms with Crippen LogP contribution < -0.4 is 15.6 Å². The fourth-order valence-corrected chi connectivity index (χ4v) is 3.87. The maximum Gasteiger partial charge on any atom is 0.316 e. The number of hydrogen-bond acceptors (Lipinski definition) is 6. The molecule has 0 atom stereocenters. The molecule has 0 unspecified atom stereocenters. The maximum absolute atomic E-state index is 13.4. The lowest BCUT2D eigenvalue weighted by atomic mass is 10.2. The van der Waals surface area contributed by atoms with Crippen LogP contribution in [0.15, 0.2) is 76.9 Å². The Morgan fingerprint density at radius 2 is 1.94 bits per heavy atom. The van der Waals surface area contributed by atoms with E-state index in [0.717, 1.165) is 11.3 Å². The minimum Gasteiger partial charge on any atom is -0.497 e. The number of rotatable bonds is 7. The van der Waals surface area contributed by atoms with E-state index in [1.807, 2.05) is 24.3 Å². The number of aromatic nitrogens is 4. The van der Waals surface area contributed by atoms with Crippen LogP contribution in [-0.4, -0.2) is 26.7 Å². The number of nitrogens with one attached hydrogen (secondary N) is 1. The van der Waals surface area contributed by atoms with Crippen molar-refractivity contribution in [2.24, 2.45) is 0 Å². The van der Waals surface area contributed by atoms with Gasteiger partial charge in [-0.3, -0.25) is 9.47 Å². The normalized spacial score (nSPS) is 10.8. The van der Waals surface area contributed by atoms with E-state index in [1.54, 1.807) is 36.3 Å². The molecule has 31 heavy (non-hydrogen) atoms. The molecular formula is C21H17ClFN5O2S. The summed E-state index contributed by atoms with van der Waals surface area (Å²) in [6.45, 7) is 0. The second-order valence-electron chi connectivity index (χ2n) is 6.41. The monoisotopic (exact) mass is 457 g/mol. The van der Waals surface area contributed by atoms with Crippen LogP contribution in [0.1, 0.15) is 5.56 Å². The van der Waals surface area contributed by atoms with Crippen molar-refractivity contribution < 1.29 is 9.13 Å². The average Bonchev–Trinajstić information content (AvgIpc) is 3.31. The van der Waals surface area contributed by atoms with Crippen LogP contribution in [0.2, 0.25) is 5.02 Å². The molecule has 0 radical (unpaired) electrons. The van der Waals surface area contributed by atoms with Crippen LogP contribution in [0, 0.1) is 5.82 Å². The third kappa shape index (κ3) is 4.73. The predicted octanol–water partition coefficient (Wildman–Crippen LogP) is 4.59. The Morgan fingerprint density at radius 1 is 1.13 bits per heavy atom. The number of nitrogens with zero attached hydrogens (tertiary/aromatic N) is 4. The van der Waals surface area contributed by atoms with Gasteiger partial charge >= 0.3 is 5.56 Å². The van der Waals surface area contributed by atoms with E-state index in [9.17, 15) is 9.18 Å². The van der Waals surface area contributed by atoms with Gasteiger partial charge in [-0.2, -0.15) is 4.68 Å². The van der Waals surface area contributed by atoms with Gasteiger partial charge < -0.3 is 10.1 Å². The Kier molecular flexibility index (Phi) is 6.24. The summed E-state index contributed by atoms with van der Waals surface area (Å²) in [6, 6.07) is 15.3. The van der Waals surface area contributed by atoms with Crippen molar-refractivity contribution in [1.29, 1.82) is 0 Å². The molecule has 0 bridgehead atoms. The number of hydrogen-bond donors (Lipinski definition) is 1. The van der Waals surface area contributed by atoms with E-state index >= 15 is 0 Å². The number of methoxy groups -OCH3 is 1. The quantitative estimate of drug-likeness (QED) is 0.409. The molecule has 0 aliphatic rings. The first-order valence-electron chi connectivity index (χ1n) is 9.16. The van der Waals surface area contributed by atoms with E-state index < -0.39 is 11.4 Å². The van der Waals surface area contributed by atoms with E-state index in [4.69, 9.17) is 16.3 Å². The van der Waals surface area contributed by atoms with Crippen molar-refractivity contribution >= 4 is 34.9 Å². The van der Waals surface area contributed by atoms with Crippen molar-refractivity contribution in [2.45, 2.75) is 10.9 Å². The van der Waals surface area contributed by atoms with Crippen molar-refractivity contribution in [2.75, 3.05) is 12.4 Å². The summed E-state index contributed by atoms with van der Waals surface area (Å²) in [5.74, 6) is 0.756. The van der Waals surface area contributed by atoms with Crippen LogP contribution >= 0.6 is 23.4 Å². The van der Waals surface area contributed by atoms with Crippen molar-refractivity contribution in [3.63, 3.8) is 0 Å². The first-order valence-corrected chi connectivity index (χ1v) is 10.5. The molecule has 0 saturated carbocycles. The molecule has 10 heteroatoms. The van der Waals surface area contributed by atoms with Crippen LogP contribution in [0.25, 0.3) is 0 Å². The standard InChI is InChI=1S/C21H17ClFN5O2S/c1-30-16-6-4-5-14(11-16)13-31-21-26-25-19(20(29)28(21)27-9-2-3-10-27)24-15-7-8-18(23)17(22)12-15/h2-12H,13H2,1H3,(H,24,25). The Hall–Kier alpha value is -3.30. The fourth-order valence-electron chi connectivity index (χ4n) is 2.82. The van der Waals surface area contributed by atoms with Crippen LogP contribution in [0.3, 0.4) is 0 Å². The molecule has 0 spiro atoms. The lowest BCUT2D eigenvalue weighted by molar-refractivity contribution is 0.414. The summed E-state index contributed by atoms with van der Waals surface area (Å²) in [5, 5.41) is 11.5. The fraction of sp³-hybridized carbons (Fsp3) is 0.0952. The molecule has 1 N–H and O–H groups in total. The molecule has 158 valence electrons. The predicted molar refractivity (Wildman–Crippen MR) is 119 cm³/mol. The maximum atomic E-state index is 13.4. The zero-order chi connectivity index (χ0) is 21.8. The molecule has 0 saturated heterocycles. The lowest BCUT2D eigenvalue weighted by Crippen LogP contribution is -2.30. The van der Waals surface area contributed by atoms with Gasteiger partial charge in [0.05, 0.1) is 12.1 Å². The summed E-state index contributed by atoms with van der Waals surface area (Å²) in [6.07, 6.45) is 3.47. The number of benzene rings is 2. The zero-order valence-corrected chi connectivity index (χ0v) is 17.9. The first-order chi connectivity index (χ1) is 15.0. The molecule has 0 amide bonds. The summed E-state index contributed by atoms with van der Waals surface area (Å²) in [7, 11) is 1.61. The highest BCUT2D eigenvalue weighted by molar-refractivity contribution is 7.98. The largest absolute Gasteiger partial charge is 0.497 e. The Bertz CT molecular complexity index is 1260. The Morgan fingerprint density at radius 3 is 2.68 bits per heavy atom. The van der Waals surface area contributed by atoms with Gasteiger partial charge in [-0.05, 0) is 48.0 Å². The molecule has 2 aromatic heterocycles. The van der Waals surface area contributed by atoms with Gasteiger partial charge in [0, 0.05) is 23.8 Å². The third-order valence-corrected chi connectivity index (χ3v) is 5.60. The van der Waals surface area contributed by atoms with Gasteiger partial charge in [0.2, 0.25) is 11.0 Å². The molecule has 2 heterocycles. The highest BCUT2D eigenvalue weighted by Crippen LogP contribution is 2.24. The average molecular weight is 458 g/mol. The molecule has 0 aliphatic carbocycles. The summed E-state index contributed by atoms with van der Waals surface area (Å²) in [4.78, 5) is 13.2. The highest BCUT2D eigenvalue weighted by atomic mass is 35.5. The smallest absolute Gasteiger partial charge is 0.316 e. The topological polar surface area (TPSA) is 74.0 Å². The molecule has 4 aromatic rings. The number of halogens is 2. The molecule has 7 nitrogen and oxygen atoms in total. The SMILES string of the molecule is COc1cccc(CSc2nnc(Nc3ccc(F)c(Cl)c3)c(=O)n2-n2cccc2)c1. The lowest BCUT2D eigenvalue weighted by Gasteiger charge is -2.14. The zero-order valence-electron chi connectivity index (χ0n) is 16.3. The number of ether oxygens (including phenoxy) is 1. The van der Waals surface area contributed by atoms with Crippen LogP contribution in [-0.2, 0) is 5.75 Å². The summed E-state index contributed by atoms with van der Waals surface area (Å²) < 4.78 is 21.7. The Labute approximate surface area is 186 Å². The van der Waals surface area contributed by atoms with Crippen LogP contribution in [0.5, 0.6) is 5.75 Å². The van der Waals surface area contributed by atoms with Crippen molar-refractivity contribution in [3.8, 4) is 5.75 Å². The highest BCUT2D eigenvalue weighted by Gasteiger charge is 2.15. The summed E-state index contributed by atoms with van der Waals surface area (Å²) >= 11 is 7.19. The molecule has 4 rings (SSSR count). The number of thioether (sulfide) groups is 1. The van der Waals surface area contributed by atoms with E-state index in [1.165, 1.54) is 34.6 Å².